The molecule has 3 unspecified atom stereocenters. The van der Waals surface area contributed by atoms with Gasteiger partial charge in [0.1, 0.15) is 23.7 Å². The lowest BCUT2D eigenvalue weighted by atomic mass is 9.85. The van der Waals surface area contributed by atoms with Gasteiger partial charge in [0.25, 0.3) is 5.91 Å². The molecule has 1 aliphatic heterocycles. The number of amides is 6. The number of rotatable bonds is 14. The SMILES string of the molecule is CCCC(NC(=O)[C@@H]1C[C@@H](OC(C)(C)C)CN1C(=O)C(NC(=O)OC(C)(C)C)C(C)(C)C)C(=O)C(=O)NCC(=O)NC(C(=O)N(C)C)c1ccccc1. The highest BCUT2D eigenvalue weighted by atomic mass is 16.6. The Kier molecular flexibility index (Phi) is 15.6. The van der Waals surface area contributed by atoms with Gasteiger partial charge in [0.2, 0.25) is 29.4 Å². The summed E-state index contributed by atoms with van der Waals surface area (Å²) in [5.41, 5.74) is -1.67. The van der Waals surface area contributed by atoms with Gasteiger partial charge < -0.3 is 40.5 Å². The van der Waals surface area contributed by atoms with Crippen molar-refractivity contribution in [3.05, 3.63) is 35.9 Å². The molecule has 1 heterocycles. The number of ether oxygens (including phenoxy) is 2. The summed E-state index contributed by atoms with van der Waals surface area (Å²) in [7, 11) is 3.10. The second kappa shape index (κ2) is 18.5. The van der Waals surface area contributed by atoms with Crippen LogP contribution in [0, 0.1) is 5.41 Å². The van der Waals surface area contributed by atoms with Crippen LogP contribution in [0.5, 0.6) is 0 Å². The van der Waals surface area contributed by atoms with E-state index < -0.39 is 88.9 Å². The molecule has 1 saturated heterocycles. The van der Waals surface area contributed by atoms with E-state index in [2.05, 4.69) is 21.3 Å². The van der Waals surface area contributed by atoms with Gasteiger partial charge in [0.05, 0.1) is 24.3 Å². The Bertz CT molecular complexity index is 1480. The highest BCUT2D eigenvalue weighted by Crippen LogP contribution is 2.29. The van der Waals surface area contributed by atoms with Crippen LogP contribution in [0.2, 0.25) is 0 Å². The maximum Gasteiger partial charge on any atom is 0.408 e. The van der Waals surface area contributed by atoms with Crippen LogP contribution in [0.3, 0.4) is 0 Å². The predicted octanol–water partition coefficient (Wildman–Crippen LogP) is 2.63. The summed E-state index contributed by atoms with van der Waals surface area (Å²) < 4.78 is 11.6. The first-order chi connectivity index (χ1) is 24.3. The number of benzene rings is 1. The average molecular weight is 745 g/mol. The van der Waals surface area contributed by atoms with E-state index in [-0.39, 0.29) is 25.3 Å². The van der Waals surface area contributed by atoms with Gasteiger partial charge in [-0.15, -0.1) is 0 Å². The van der Waals surface area contributed by atoms with Crippen LogP contribution < -0.4 is 21.3 Å². The monoisotopic (exact) mass is 744 g/mol. The van der Waals surface area contributed by atoms with Crippen LogP contribution in [0.25, 0.3) is 0 Å². The first-order valence-electron chi connectivity index (χ1n) is 18.0. The van der Waals surface area contributed by atoms with Crippen molar-refractivity contribution in [2.45, 2.75) is 130 Å². The molecule has 0 aliphatic carbocycles. The van der Waals surface area contributed by atoms with Crippen molar-refractivity contribution in [1.29, 1.82) is 0 Å². The van der Waals surface area contributed by atoms with Crippen molar-refractivity contribution in [2.75, 3.05) is 27.2 Å². The number of hydrogen-bond acceptors (Lipinski definition) is 9. The standard InChI is InChI=1S/C38H60N6O9/c1-13-17-25(29(46)32(48)39-21-27(45)41-28(33(49)43(11)12)23-18-15-14-16-19-23)40-31(47)26-20-24(52-37(5,6)7)22-44(26)34(50)30(36(2,3)4)42-35(51)53-38(8,9)10/h14-16,18-19,24-26,28,30H,13,17,20-22H2,1-12H3,(H,39,48)(H,40,47)(H,41,45)(H,42,51)/t24-,25?,26+,28?,30?/m1/s1. The molecule has 15 heteroatoms. The van der Waals surface area contributed by atoms with Gasteiger partial charge in [-0.3, -0.25) is 28.8 Å². The second-order valence-electron chi connectivity index (χ2n) is 16.6. The number of carbonyl (C=O) groups is 7. The van der Waals surface area contributed by atoms with Crippen LogP contribution in [0.1, 0.15) is 100 Å². The van der Waals surface area contributed by atoms with E-state index in [4.69, 9.17) is 9.47 Å². The lowest BCUT2D eigenvalue weighted by molar-refractivity contribution is -0.144. The molecule has 2 rings (SSSR count). The van der Waals surface area contributed by atoms with Crippen molar-refractivity contribution < 1.29 is 43.0 Å². The van der Waals surface area contributed by atoms with Gasteiger partial charge in [-0.1, -0.05) is 64.4 Å². The minimum Gasteiger partial charge on any atom is -0.444 e. The number of ketones is 1. The summed E-state index contributed by atoms with van der Waals surface area (Å²) in [4.78, 5) is 95.7. The van der Waals surface area contributed by atoms with Crippen molar-refractivity contribution >= 4 is 41.4 Å². The molecule has 0 bridgehead atoms. The minimum absolute atomic E-state index is 0.0407. The molecular weight excluding hydrogens is 684 g/mol. The highest BCUT2D eigenvalue weighted by Gasteiger charge is 2.47. The summed E-state index contributed by atoms with van der Waals surface area (Å²) in [6.45, 7) is 17.2. The third kappa shape index (κ3) is 14.1. The summed E-state index contributed by atoms with van der Waals surface area (Å²) >= 11 is 0. The summed E-state index contributed by atoms with van der Waals surface area (Å²) in [6.07, 6.45) is -0.707. The predicted molar refractivity (Wildman–Crippen MR) is 198 cm³/mol. The van der Waals surface area contributed by atoms with E-state index in [1.54, 1.807) is 92.9 Å². The average Bonchev–Trinajstić information content (AvgIpc) is 3.45. The van der Waals surface area contributed by atoms with E-state index in [9.17, 15) is 33.6 Å². The largest absolute Gasteiger partial charge is 0.444 e. The molecule has 5 atom stereocenters. The molecule has 1 aromatic carbocycles. The van der Waals surface area contributed by atoms with Crippen LogP contribution in [0.4, 0.5) is 4.79 Å². The van der Waals surface area contributed by atoms with Crippen molar-refractivity contribution in [3.63, 3.8) is 0 Å². The van der Waals surface area contributed by atoms with Crippen molar-refractivity contribution in [2.24, 2.45) is 5.41 Å². The van der Waals surface area contributed by atoms with Crippen LogP contribution in [-0.4, -0.2) is 114 Å². The molecule has 0 aromatic heterocycles. The minimum atomic E-state index is -1.26. The zero-order valence-electron chi connectivity index (χ0n) is 33.4. The number of carbonyl (C=O) groups excluding carboxylic acids is 7. The van der Waals surface area contributed by atoms with Gasteiger partial charge in [-0.2, -0.15) is 0 Å². The first-order valence-corrected chi connectivity index (χ1v) is 18.0. The molecule has 1 aliphatic rings. The maximum atomic E-state index is 14.2. The Morgan fingerprint density at radius 2 is 1.47 bits per heavy atom. The number of likely N-dealkylation sites (tertiary alicyclic amines) is 1. The lowest BCUT2D eigenvalue weighted by Crippen LogP contribution is -2.59. The maximum absolute atomic E-state index is 14.2. The fourth-order valence-electron chi connectivity index (χ4n) is 5.75. The van der Waals surface area contributed by atoms with Gasteiger partial charge in [0, 0.05) is 27.1 Å². The number of nitrogens with one attached hydrogen (secondary N) is 4. The van der Waals surface area contributed by atoms with E-state index in [1.807, 2.05) is 20.8 Å². The Morgan fingerprint density at radius 1 is 0.868 bits per heavy atom. The molecule has 4 N–H and O–H groups in total. The lowest BCUT2D eigenvalue weighted by Gasteiger charge is -2.36. The van der Waals surface area contributed by atoms with Gasteiger partial charge in [-0.05, 0) is 58.9 Å². The molecular formula is C38H60N6O9. The number of Topliss-reactive ketones (excluding diaryl/α,β-unsaturated/α-hetero) is 1. The van der Waals surface area contributed by atoms with Gasteiger partial charge >= 0.3 is 6.09 Å². The first kappa shape index (κ1) is 44.6. The van der Waals surface area contributed by atoms with Gasteiger partial charge in [0.15, 0.2) is 0 Å². The number of alkyl carbamates (subject to hydrolysis) is 1. The highest BCUT2D eigenvalue weighted by molar-refractivity contribution is 6.38. The summed E-state index contributed by atoms with van der Waals surface area (Å²) in [5.74, 6) is -4.38. The second-order valence-corrected chi connectivity index (χ2v) is 16.6. The van der Waals surface area contributed by atoms with E-state index in [0.717, 1.165) is 0 Å². The van der Waals surface area contributed by atoms with Crippen molar-refractivity contribution in [3.8, 4) is 0 Å². The topological polar surface area (TPSA) is 193 Å². The number of nitrogens with zero attached hydrogens (tertiary/aromatic N) is 2. The summed E-state index contributed by atoms with van der Waals surface area (Å²) in [5, 5.41) is 10.2. The third-order valence-corrected chi connectivity index (χ3v) is 8.11. The molecule has 1 aromatic rings. The molecule has 296 valence electrons. The third-order valence-electron chi connectivity index (χ3n) is 8.11. The Labute approximate surface area is 313 Å². The van der Waals surface area contributed by atoms with E-state index >= 15 is 0 Å². The number of hydrogen-bond donors (Lipinski definition) is 4. The molecule has 0 spiro atoms. The summed E-state index contributed by atoms with van der Waals surface area (Å²) in [6, 6.07) is 4.13. The fraction of sp³-hybridized carbons (Fsp3) is 0.658. The zero-order chi connectivity index (χ0) is 40.5. The molecule has 0 saturated carbocycles. The zero-order valence-corrected chi connectivity index (χ0v) is 33.4. The van der Waals surface area contributed by atoms with E-state index in [1.165, 1.54) is 9.80 Å². The Balaban J connectivity index is 2.25. The quantitative estimate of drug-likeness (QED) is 0.207. The normalized spacial score (nSPS) is 17.8. The van der Waals surface area contributed by atoms with Crippen LogP contribution in [-0.2, 0) is 38.2 Å². The van der Waals surface area contributed by atoms with E-state index in [0.29, 0.717) is 12.0 Å². The fourth-order valence-corrected chi connectivity index (χ4v) is 5.75. The smallest absolute Gasteiger partial charge is 0.408 e. The molecule has 0 radical (unpaired) electrons. The Hall–Kier alpha value is -4.53. The van der Waals surface area contributed by atoms with Gasteiger partial charge in [-0.25, -0.2) is 4.79 Å². The van der Waals surface area contributed by atoms with Crippen molar-refractivity contribution in [1.82, 2.24) is 31.1 Å². The Morgan fingerprint density at radius 3 is 1.98 bits per heavy atom. The molecule has 1 fully saturated rings. The van der Waals surface area contributed by atoms with Crippen LogP contribution in [0.15, 0.2) is 30.3 Å². The van der Waals surface area contributed by atoms with Crippen LogP contribution >= 0.6 is 0 Å². The molecule has 53 heavy (non-hydrogen) atoms. The molecule has 15 nitrogen and oxygen atoms in total. The molecule has 6 amide bonds. The number of likely N-dealkylation sites (N-methyl/N-ethyl adjacent to an activating group) is 1.